The van der Waals surface area contributed by atoms with Crippen LogP contribution in [-0.4, -0.2) is 51.9 Å². The molecule has 1 aliphatic rings. The SMILES string of the molecule is COc1ccc(NC(=O)c2sccc2S(=O)(=O)N2CCN(c3ccc(Cl)cc3)CC2)cc1. The number of hydrogen-bond donors (Lipinski definition) is 1. The number of ether oxygens (including phenoxy) is 1. The Hall–Kier alpha value is -2.59. The fourth-order valence-electron chi connectivity index (χ4n) is 3.51. The van der Waals surface area contributed by atoms with Crippen LogP contribution in [-0.2, 0) is 10.0 Å². The largest absolute Gasteiger partial charge is 0.497 e. The highest BCUT2D eigenvalue weighted by atomic mass is 35.5. The van der Waals surface area contributed by atoms with Crippen LogP contribution in [0.1, 0.15) is 9.67 Å². The third-order valence-electron chi connectivity index (χ3n) is 5.23. The molecule has 1 fully saturated rings. The van der Waals surface area contributed by atoms with Crippen molar-refractivity contribution in [3.63, 3.8) is 0 Å². The summed E-state index contributed by atoms with van der Waals surface area (Å²) >= 11 is 7.06. The van der Waals surface area contributed by atoms with Crippen LogP contribution < -0.4 is 15.0 Å². The lowest BCUT2D eigenvalue weighted by molar-refractivity contribution is 0.102. The van der Waals surface area contributed by atoms with Crippen LogP contribution in [0, 0.1) is 0 Å². The van der Waals surface area contributed by atoms with Gasteiger partial charge >= 0.3 is 0 Å². The molecule has 7 nitrogen and oxygen atoms in total. The molecule has 1 saturated heterocycles. The first-order valence-electron chi connectivity index (χ1n) is 9.92. The molecule has 168 valence electrons. The number of sulfonamides is 1. The molecule has 3 aromatic rings. The second-order valence-corrected chi connectivity index (χ2v) is 10.4. The molecule has 10 heteroatoms. The topological polar surface area (TPSA) is 78.9 Å². The van der Waals surface area contributed by atoms with Crippen LogP contribution in [0.25, 0.3) is 0 Å². The number of benzene rings is 2. The van der Waals surface area contributed by atoms with Gasteiger partial charge in [-0.25, -0.2) is 8.42 Å². The summed E-state index contributed by atoms with van der Waals surface area (Å²) in [5.41, 5.74) is 1.56. The van der Waals surface area contributed by atoms with Gasteiger partial charge in [-0.15, -0.1) is 11.3 Å². The van der Waals surface area contributed by atoms with E-state index in [0.717, 1.165) is 17.0 Å². The summed E-state index contributed by atoms with van der Waals surface area (Å²) in [7, 11) is -2.23. The van der Waals surface area contributed by atoms with Gasteiger partial charge in [0.25, 0.3) is 5.91 Å². The molecule has 0 radical (unpaired) electrons. The number of thiophene rings is 1. The van der Waals surface area contributed by atoms with Gasteiger partial charge in [0.05, 0.1) is 7.11 Å². The van der Waals surface area contributed by atoms with Crippen LogP contribution in [0.3, 0.4) is 0 Å². The van der Waals surface area contributed by atoms with Gasteiger partial charge in [0.2, 0.25) is 10.0 Å². The van der Waals surface area contributed by atoms with Gasteiger partial charge in [-0.3, -0.25) is 4.79 Å². The van der Waals surface area contributed by atoms with Crippen molar-refractivity contribution in [2.75, 3.05) is 43.5 Å². The van der Waals surface area contributed by atoms with Crippen molar-refractivity contribution >= 4 is 50.2 Å². The van der Waals surface area contributed by atoms with E-state index in [0.29, 0.717) is 42.6 Å². The summed E-state index contributed by atoms with van der Waals surface area (Å²) in [6, 6.07) is 15.8. The van der Waals surface area contributed by atoms with Gasteiger partial charge in [0.1, 0.15) is 15.5 Å². The van der Waals surface area contributed by atoms with E-state index in [1.807, 2.05) is 24.3 Å². The third-order valence-corrected chi connectivity index (χ3v) is 8.47. The first-order chi connectivity index (χ1) is 15.4. The lowest BCUT2D eigenvalue weighted by atomic mass is 10.2. The zero-order valence-electron chi connectivity index (χ0n) is 17.3. The summed E-state index contributed by atoms with van der Waals surface area (Å²) in [5.74, 6) is 0.212. The quantitative estimate of drug-likeness (QED) is 0.559. The predicted octanol–water partition coefficient (Wildman–Crippen LogP) is 4.17. The molecule has 1 amide bonds. The Balaban J connectivity index is 1.46. The number of amides is 1. The number of carbonyl (C=O) groups is 1. The van der Waals surface area contributed by atoms with Gasteiger partial charge in [-0.05, 0) is 60.0 Å². The highest BCUT2D eigenvalue weighted by Gasteiger charge is 2.32. The number of hydrogen-bond acceptors (Lipinski definition) is 6. The van der Waals surface area contributed by atoms with Gasteiger partial charge in [-0.2, -0.15) is 4.31 Å². The van der Waals surface area contributed by atoms with Crippen molar-refractivity contribution in [3.8, 4) is 5.75 Å². The number of rotatable bonds is 6. The number of nitrogens with zero attached hydrogens (tertiary/aromatic N) is 2. The fourth-order valence-corrected chi connectivity index (χ4v) is 6.35. The Morgan fingerprint density at radius 3 is 2.28 bits per heavy atom. The number of halogens is 1. The number of nitrogens with one attached hydrogen (secondary N) is 1. The summed E-state index contributed by atoms with van der Waals surface area (Å²) in [4.78, 5) is 15.1. The van der Waals surface area contributed by atoms with Crippen molar-refractivity contribution < 1.29 is 17.9 Å². The number of piperazine rings is 1. The van der Waals surface area contributed by atoms with Crippen molar-refractivity contribution in [1.82, 2.24) is 4.31 Å². The maximum absolute atomic E-state index is 13.3. The van der Waals surface area contributed by atoms with Crippen LogP contribution in [0.5, 0.6) is 5.75 Å². The number of methoxy groups -OCH3 is 1. The Kier molecular flexibility index (Phi) is 6.71. The molecule has 2 aromatic carbocycles. The molecule has 0 spiro atoms. The molecular weight excluding hydrogens is 470 g/mol. The zero-order valence-corrected chi connectivity index (χ0v) is 19.7. The first kappa shape index (κ1) is 22.6. The monoisotopic (exact) mass is 491 g/mol. The van der Waals surface area contributed by atoms with Crippen LogP contribution in [0.2, 0.25) is 5.02 Å². The third kappa shape index (κ3) is 4.75. The first-order valence-corrected chi connectivity index (χ1v) is 12.6. The lowest BCUT2D eigenvalue weighted by Gasteiger charge is -2.35. The van der Waals surface area contributed by atoms with Crippen LogP contribution >= 0.6 is 22.9 Å². The Labute approximate surface area is 196 Å². The highest BCUT2D eigenvalue weighted by Crippen LogP contribution is 2.28. The maximum Gasteiger partial charge on any atom is 0.267 e. The minimum Gasteiger partial charge on any atom is -0.497 e. The molecule has 0 saturated carbocycles. The van der Waals surface area contributed by atoms with E-state index in [2.05, 4.69) is 10.2 Å². The van der Waals surface area contributed by atoms with E-state index < -0.39 is 15.9 Å². The van der Waals surface area contributed by atoms with Crippen molar-refractivity contribution in [1.29, 1.82) is 0 Å². The molecule has 1 aromatic heterocycles. The lowest BCUT2D eigenvalue weighted by Crippen LogP contribution is -2.48. The molecule has 0 aliphatic carbocycles. The average molecular weight is 492 g/mol. The summed E-state index contributed by atoms with van der Waals surface area (Å²) < 4.78 is 33.1. The smallest absolute Gasteiger partial charge is 0.267 e. The van der Waals surface area contributed by atoms with E-state index in [4.69, 9.17) is 16.3 Å². The highest BCUT2D eigenvalue weighted by molar-refractivity contribution is 7.89. The van der Waals surface area contributed by atoms with E-state index in [9.17, 15) is 13.2 Å². The van der Waals surface area contributed by atoms with Crippen molar-refractivity contribution in [3.05, 3.63) is 69.9 Å². The van der Waals surface area contributed by atoms with Gasteiger partial charge in [-0.1, -0.05) is 11.6 Å². The van der Waals surface area contributed by atoms with Gasteiger partial charge in [0.15, 0.2) is 0 Å². The normalized spacial score (nSPS) is 14.9. The molecule has 0 unspecified atom stereocenters. The summed E-state index contributed by atoms with van der Waals surface area (Å²) in [5, 5.41) is 5.04. The van der Waals surface area contributed by atoms with Gasteiger partial charge in [0, 0.05) is 42.6 Å². The molecule has 1 aliphatic heterocycles. The van der Waals surface area contributed by atoms with E-state index in [-0.39, 0.29) is 9.77 Å². The molecule has 1 N–H and O–H groups in total. The second-order valence-electron chi connectivity index (χ2n) is 7.16. The van der Waals surface area contributed by atoms with Crippen molar-refractivity contribution in [2.24, 2.45) is 0 Å². The Morgan fingerprint density at radius 2 is 1.66 bits per heavy atom. The predicted molar refractivity (Wildman–Crippen MR) is 128 cm³/mol. The molecule has 0 bridgehead atoms. The molecule has 0 atom stereocenters. The second kappa shape index (κ2) is 9.50. The van der Waals surface area contributed by atoms with Crippen LogP contribution in [0.15, 0.2) is 64.9 Å². The van der Waals surface area contributed by atoms with Gasteiger partial charge < -0.3 is 15.0 Å². The summed E-state index contributed by atoms with van der Waals surface area (Å²) in [6.45, 7) is 1.78. The number of anilines is 2. The zero-order chi connectivity index (χ0) is 22.7. The average Bonchev–Trinajstić information content (AvgIpc) is 3.31. The molecule has 32 heavy (non-hydrogen) atoms. The Bertz CT molecular complexity index is 1190. The number of carbonyl (C=O) groups excluding carboxylic acids is 1. The van der Waals surface area contributed by atoms with Crippen molar-refractivity contribution in [2.45, 2.75) is 4.90 Å². The maximum atomic E-state index is 13.3. The van der Waals surface area contributed by atoms with E-state index >= 15 is 0 Å². The summed E-state index contributed by atoms with van der Waals surface area (Å²) in [6.07, 6.45) is 0. The Morgan fingerprint density at radius 1 is 1.00 bits per heavy atom. The molecule has 4 rings (SSSR count). The minimum atomic E-state index is -3.79. The fraction of sp³-hybridized carbons (Fsp3) is 0.227. The standard InChI is InChI=1S/C22H22ClN3O4S2/c1-30-19-8-4-17(5-9-19)24-22(27)21-20(10-15-31-21)32(28,29)26-13-11-25(12-14-26)18-6-2-16(23)3-7-18/h2-10,15H,11-14H2,1H3,(H,24,27). The molecular formula is C22H22ClN3O4S2. The van der Waals surface area contributed by atoms with E-state index in [1.165, 1.54) is 10.4 Å². The minimum absolute atomic E-state index is 0.0356. The molecule has 2 heterocycles. The van der Waals surface area contributed by atoms with E-state index in [1.54, 1.807) is 36.8 Å². The van der Waals surface area contributed by atoms with Crippen LogP contribution in [0.4, 0.5) is 11.4 Å².